The van der Waals surface area contributed by atoms with Gasteiger partial charge in [0.05, 0.1) is 13.2 Å². The largest absolute Gasteiger partial charge is 0.457 e. The van der Waals surface area contributed by atoms with Gasteiger partial charge in [-0.2, -0.15) is 0 Å². The second-order valence-corrected chi connectivity index (χ2v) is 7.46. The van der Waals surface area contributed by atoms with E-state index in [1.165, 1.54) is 6.92 Å². The fourth-order valence-electron chi connectivity index (χ4n) is 3.25. The Bertz CT molecular complexity index is 756. The van der Waals surface area contributed by atoms with Crippen molar-refractivity contribution < 1.29 is 28.8 Å². The molecule has 0 spiro atoms. The standard InChI is InChI=1S/C22H25BrO6/c1-15(24)28-19-18(12-23)29-22(25)21(27-14-17-10-6-3-7-11-17)20(19)26-13-16-8-4-2-5-9-16/h2-11,18-22,25H,12-14H2,1H3/t18-,19-,20+,21-,22+/m1/s1. The van der Waals surface area contributed by atoms with Gasteiger partial charge in [-0.05, 0) is 11.1 Å². The molecule has 2 aromatic carbocycles. The van der Waals surface area contributed by atoms with Gasteiger partial charge in [0.25, 0.3) is 0 Å². The number of alkyl halides is 1. The molecular formula is C22H25BrO6. The maximum absolute atomic E-state index is 11.7. The minimum absolute atomic E-state index is 0.267. The number of aliphatic hydroxyl groups excluding tert-OH is 1. The summed E-state index contributed by atoms with van der Waals surface area (Å²) < 4.78 is 23.3. The molecule has 0 aromatic heterocycles. The van der Waals surface area contributed by atoms with E-state index in [4.69, 9.17) is 18.9 Å². The Labute approximate surface area is 178 Å². The van der Waals surface area contributed by atoms with Crippen LogP contribution in [0.1, 0.15) is 18.1 Å². The number of carbonyl (C=O) groups is 1. The summed E-state index contributed by atoms with van der Waals surface area (Å²) in [5, 5.41) is 11.0. The van der Waals surface area contributed by atoms with Crippen LogP contribution in [0.2, 0.25) is 0 Å². The van der Waals surface area contributed by atoms with Gasteiger partial charge in [-0.15, -0.1) is 0 Å². The number of carbonyl (C=O) groups excluding carboxylic acids is 1. The second kappa shape index (κ2) is 10.8. The van der Waals surface area contributed by atoms with Crippen LogP contribution in [0.4, 0.5) is 0 Å². The average molecular weight is 465 g/mol. The zero-order valence-corrected chi connectivity index (χ0v) is 17.7. The number of hydrogen-bond donors (Lipinski definition) is 1. The molecule has 0 unspecified atom stereocenters. The van der Waals surface area contributed by atoms with Crippen LogP contribution in [0.3, 0.4) is 0 Å². The van der Waals surface area contributed by atoms with E-state index < -0.39 is 36.7 Å². The van der Waals surface area contributed by atoms with E-state index in [0.29, 0.717) is 5.33 Å². The molecule has 0 aliphatic carbocycles. The molecule has 2 aromatic rings. The summed E-state index contributed by atoms with van der Waals surface area (Å²) in [6.07, 6.45) is -4.02. The first-order chi connectivity index (χ1) is 14.1. The molecule has 0 radical (unpaired) electrons. The van der Waals surface area contributed by atoms with Gasteiger partial charge in [0.15, 0.2) is 12.4 Å². The maximum atomic E-state index is 11.7. The van der Waals surface area contributed by atoms with E-state index in [1.807, 2.05) is 60.7 Å². The molecule has 1 saturated heterocycles. The van der Waals surface area contributed by atoms with Crippen molar-refractivity contribution in [3.05, 3.63) is 71.8 Å². The van der Waals surface area contributed by atoms with Crippen molar-refractivity contribution in [3.8, 4) is 0 Å². The van der Waals surface area contributed by atoms with E-state index in [9.17, 15) is 9.90 Å². The highest BCUT2D eigenvalue weighted by atomic mass is 79.9. The number of rotatable bonds is 8. The molecule has 1 N–H and O–H groups in total. The first-order valence-electron chi connectivity index (χ1n) is 9.46. The lowest BCUT2D eigenvalue weighted by atomic mass is 9.98. The van der Waals surface area contributed by atoms with Crippen LogP contribution in [0, 0.1) is 0 Å². The predicted molar refractivity (Wildman–Crippen MR) is 110 cm³/mol. The van der Waals surface area contributed by atoms with Crippen molar-refractivity contribution in [2.45, 2.75) is 50.8 Å². The molecule has 1 aliphatic rings. The third kappa shape index (κ3) is 6.10. The molecule has 29 heavy (non-hydrogen) atoms. The number of ether oxygens (including phenoxy) is 4. The van der Waals surface area contributed by atoms with Gasteiger partial charge >= 0.3 is 5.97 Å². The first-order valence-corrected chi connectivity index (χ1v) is 10.6. The van der Waals surface area contributed by atoms with E-state index in [1.54, 1.807) is 0 Å². The third-order valence-electron chi connectivity index (χ3n) is 4.63. The predicted octanol–water partition coefficient (Wildman–Crippen LogP) is 3.20. The van der Waals surface area contributed by atoms with Crippen LogP contribution in [0.25, 0.3) is 0 Å². The van der Waals surface area contributed by atoms with Crippen molar-refractivity contribution >= 4 is 21.9 Å². The summed E-state index contributed by atoms with van der Waals surface area (Å²) in [5.41, 5.74) is 1.92. The Morgan fingerprint density at radius 2 is 1.45 bits per heavy atom. The number of benzene rings is 2. The first kappa shape index (κ1) is 21.9. The van der Waals surface area contributed by atoms with Crippen LogP contribution < -0.4 is 0 Å². The van der Waals surface area contributed by atoms with Gasteiger partial charge in [-0.3, -0.25) is 4.79 Å². The molecule has 156 valence electrons. The highest BCUT2D eigenvalue weighted by Gasteiger charge is 2.48. The van der Waals surface area contributed by atoms with Crippen molar-refractivity contribution in [1.82, 2.24) is 0 Å². The molecule has 1 heterocycles. The van der Waals surface area contributed by atoms with Gasteiger partial charge in [0.1, 0.15) is 18.3 Å². The van der Waals surface area contributed by atoms with Crippen LogP contribution in [-0.2, 0) is 37.0 Å². The Kier molecular flexibility index (Phi) is 8.20. The summed E-state index contributed by atoms with van der Waals surface area (Å²) in [6, 6.07) is 19.3. The van der Waals surface area contributed by atoms with Crippen molar-refractivity contribution in [2.75, 3.05) is 5.33 Å². The van der Waals surface area contributed by atoms with Crippen molar-refractivity contribution in [2.24, 2.45) is 0 Å². The Balaban J connectivity index is 1.79. The summed E-state index contributed by atoms with van der Waals surface area (Å²) in [7, 11) is 0. The Morgan fingerprint density at radius 3 is 1.93 bits per heavy atom. The molecule has 3 rings (SSSR count). The topological polar surface area (TPSA) is 74.2 Å². The maximum Gasteiger partial charge on any atom is 0.303 e. The molecule has 0 saturated carbocycles. The summed E-state index contributed by atoms with van der Waals surface area (Å²) in [5.74, 6) is -0.448. The smallest absolute Gasteiger partial charge is 0.303 e. The molecule has 1 aliphatic heterocycles. The highest BCUT2D eigenvalue weighted by molar-refractivity contribution is 9.09. The lowest BCUT2D eigenvalue weighted by Gasteiger charge is -2.43. The van der Waals surface area contributed by atoms with Crippen molar-refractivity contribution in [3.63, 3.8) is 0 Å². The van der Waals surface area contributed by atoms with Crippen LogP contribution >= 0.6 is 15.9 Å². The fraction of sp³-hybridized carbons (Fsp3) is 0.409. The average Bonchev–Trinajstić information content (AvgIpc) is 2.73. The monoisotopic (exact) mass is 464 g/mol. The quantitative estimate of drug-likeness (QED) is 0.477. The Morgan fingerprint density at radius 1 is 0.931 bits per heavy atom. The lowest BCUT2D eigenvalue weighted by Crippen LogP contribution is -2.61. The molecule has 0 amide bonds. The van der Waals surface area contributed by atoms with E-state index >= 15 is 0 Å². The van der Waals surface area contributed by atoms with E-state index in [2.05, 4.69) is 15.9 Å². The summed E-state index contributed by atoms with van der Waals surface area (Å²) >= 11 is 3.36. The van der Waals surface area contributed by atoms with E-state index in [0.717, 1.165) is 11.1 Å². The Hall–Kier alpha value is -1.77. The third-order valence-corrected chi connectivity index (χ3v) is 5.27. The minimum atomic E-state index is -1.21. The molecule has 6 nitrogen and oxygen atoms in total. The zero-order valence-electron chi connectivity index (χ0n) is 16.1. The number of hydrogen-bond acceptors (Lipinski definition) is 6. The number of esters is 1. The molecular weight excluding hydrogens is 440 g/mol. The molecule has 5 atom stereocenters. The molecule has 0 bridgehead atoms. The summed E-state index contributed by atoms with van der Waals surface area (Å²) in [6.45, 7) is 1.89. The van der Waals surface area contributed by atoms with Crippen LogP contribution in [0.5, 0.6) is 0 Å². The second-order valence-electron chi connectivity index (χ2n) is 6.82. The summed E-state index contributed by atoms with van der Waals surface area (Å²) in [4.78, 5) is 11.7. The van der Waals surface area contributed by atoms with Gasteiger partial charge in [-0.25, -0.2) is 0 Å². The van der Waals surface area contributed by atoms with Crippen molar-refractivity contribution in [1.29, 1.82) is 0 Å². The van der Waals surface area contributed by atoms with Gasteiger partial charge in [0.2, 0.25) is 0 Å². The van der Waals surface area contributed by atoms with Gasteiger partial charge in [-0.1, -0.05) is 76.6 Å². The molecule has 7 heteroatoms. The van der Waals surface area contributed by atoms with Crippen LogP contribution in [-0.4, -0.2) is 47.1 Å². The normalized spacial score (nSPS) is 26.8. The fourth-order valence-corrected chi connectivity index (χ4v) is 3.77. The van der Waals surface area contributed by atoms with E-state index in [-0.39, 0.29) is 13.2 Å². The number of halogens is 1. The minimum Gasteiger partial charge on any atom is -0.457 e. The lowest BCUT2D eigenvalue weighted by molar-refractivity contribution is -0.301. The van der Waals surface area contributed by atoms with Gasteiger partial charge < -0.3 is 24.1 Å². The van der Waals surface area contributed by atoms with Gasteiger partial charge in [0, 0.05) is 12.3 Å². The SMILES string of the molecule is CC(=O)O[C@H]1[C@H](OCc2ccccc2)[C@@H](OCc2ccccc2)[C@@H](O)O[C@@H]1CBr. The number of aliphatic hydroxyl groups is 1. The molecule has 1 fully saturated rings. The zero-order chi connectivity index (χ0) is 20.6. The van der Waals surface area contributed by atoms with Crippen LogP contribution in [0.15, 0.2) is 60.7 Å². The highest BCUT2D eigenvalue weighted by Crippen LogP contribution is 2.29.